The van der Waals surface area contributed by atoms with Crippen molar-refractivity contribution in [1.29, 1.82) is 0 Å². The molecule has 5 heteroatoms. The third-order valence-electron chi connectivity index (χ3n) is 2.48. The van der Waals surface area contributed by atoms with E-state index in [1.807, 2.05) is 0 Å². The van der Waals surface area contributed by atoms with E-state index in [0.717, 1.165) is 0 Å². The van der Waals surface area contributed by atoms with Gasteiger partial charge >= 0.3 is 5.63 Å². The summed E-state index contributed by atoms with van der Waals surface area (Å²) in [6.07, 6.45) is 0. The molecule has 17 heavy (non-hydrogen) atoms. The van der Waals surface area contributed by atoms with Crippen molar-refractivity contribution in [3.8, 4) is 5.75 Å². The summed E-state index contributed by atoms with van der Waals surface area (Å²) >= 11 is 5.85. The van der Waals surface area contributed by atoms with Crippen LogP contribution < -0.4 is 5.63 Å². The summed E-state index contributed by atoms with van der Waals surface area (Å²) in [5.74, 6) is -0.926. The maximum Gasteiger partial charge on any atom is 0.351 e. The normalized spacial score (nSPS) is 10.8. The lowest BCUT2D eigenvalue weighted by Crippen LogP contribution is -2.12. The number of fused-ring (bicyclic) bond motifs is 1. The van der Waals surface area contributed by atoms with Crippen LogP contribution in [0.5, 0.6) is 5.75 Å². The first-order chi connectivity index (χ1) is 7.91. The zero-order valence-corrected chi connectivity index (χ0v) is 9.96. The molecule has 0 atom stereocenters. The number of hydrogen-bond donors (Lipinski definition) is 1. The average molecular weight is 253 g/mol. The van der Waals surface area contributed by atoms with E-state index >= 15 is 0 Å². The molecule has 0 aliphatic carbocycles. The number of carbonyl (C=O) groups excluding carboxylic acids is 1. The lowest BCUT2D eigenvalue weighted by molar-refractivity contribution is 0.101. The van der Waals surface area contributed by atoms with Crippen LogP contribution in [0.15, 0.2) is 21.3 Å². The van der Waals surface area contributed by atoms with Crippen molar-refractivity contribution in [3.05, 3.63) is 38.7 Å². The zero-order chi connectivity index (χ0) is 12.7. The van der Waals surface area contributed by atoms with Crippen LogP contribution in [-0.2, 0) is 0 Å². The predicted molar refractivity (Wildman–Crippen MR) is 63.9 cm³/mol. The molecule has 1 N–H and O–H groups in total. The molecule has 0 bridgehead atoms. The van der Waals surface area contributed by atoms with Gasteiger partial charge in [-0.15, -0.1) is 0 Å². The zero-order valence-electron chi connectivity index (χ0n) is 9.20. The van der Waals surface area contributed by atoms with Crippen molar-refractivity contribution in [1.82, 2.24) is 0 Å². The number of aromatic hydroxyl groups is 1. The summed E-state index contributed by atoms with van der Waals surface area (Å²) in [6, 6.07) is 3.06. The Bertz CT molecular complexity index is 685. The first-order valence-corrected chi connectivity index (χ1v) is 5.26. The van der Waals surface area contributed by atoms with Crippen LogP contribution in [0.25, 0.3) is 11.0 Å². The number of rotatable bonds is 1. The number of ketones is 1. The van der Waals surface area contributed by atoms with E-state index in [1.54, 1.807) is 13.0 Å². The molecule has 2 aromatic rings. The highest BCUT2D eigenvalue weighted by Crippen LogP contribution is 2.31. The van der Waals surface area contributed by atoms with Crippen molar-refractivity contribution in [2.24, 2.45) is 0 Å². The fourth-order valence-electron chi connectivity index (χ4n) is 1.73. The van der Waals surface area contributed by atoms with Crippen LogP contribution >= 0.6 is 11.6 Å². The molecule has 0 radical (unpaired) electrons. The average Bonchev–Trinajstić information content (AvgIpc) is 2.19. The molecule has 0 unspecified atom stereocenters. The molecule has 1 heterocycles. The molecule has 88 valence electrons. The third kappa shape index (κ3) is 1.80. The number of carbonyl (C=O) groups is 1. The largest absolute Gasteiger partial charge is 0.506 e. The summed E-state index contributed by atoms with van der Waals surface area (Å²) in [4.78, 5) is 22.8. The molecule has 1 aromatic carbocycles. The number of Topliss-reactive ketones (excluding diaryl/α,β-unsaturated/α-hetero) is 1. The van der Waals surface area contributed by atoms with Crippen molar-refractivity contribution in [2.45, 2.75) is 13.8 Å². The van der Waals surface area contributed by atoms with E-state index in [0.29, 0.717) is 10.6 Å². The van der Waals surface area contributed by atoms with E-state index in [9.17, 15) is 14.7 Å². The first-order valence-electron chi connectivity index (χ1n) is 4.88. The predicted octanol–water partition coefficient (Wildman–Crippen LogP) is 2.66. The number of aryl methyl sites for hydroxylation is 1. The van der Waals surface area contributed by atoms with Crippen molar-refractivity contribution >= 4 is 28.4 Å². The summed E-state index contributed by atoms with van der Waals surface area (Å²) in [7, 11) is 0. The summed E-state index contributed by atoms with van der Waals surface area (Å²) in [5, 5.41) is 10.6. The van der Waals surface area contributed by atoms with Crippen molar-refractivity contribution in [3.63, 3.8) is 0 Å². The molecule has 4 nitrogen and oxygen atoms in total. The Labute approximate surface area is 101 Å². The van der Waals surface area contributed by atoms with Crippen LogP contribution in [0, 0.1) is 6.92 Å². The summed E-state index contributed by atoms with van der Waals surface area (Å²) < 4.78 is 5.03. The number of halogens is 1. The van der Waals surface area contributed by atoms with E-state index in [1.165, 1.54) is 13.0 Å². The maximum atomic E-state index is 11.6. The van der Waals surface area contributed by atoms with Crippen LogP contribution in [0.1, 0.15) is 22.8 Å². The first kappa shape index (κ1) is 11.7. The molecular formula is C12H9ClO4. The highest BCUT2D eigenvalue weighted by molar-refractivity contribution is 6.31. The smallest absolute Gasteiger partial charge is 0.351 e. The molecular weight excluding hydrogens is 244 g/mol. The third-order valence-corrected chi connectivity index (χ3v) is 2.70. The standard InChI is InChI=1S/C12H9ClO4/c1-5-3-7(13)4-8-10(15)9(6(2)14)12(16)17-11(5)8/h3-4,15H,1-2H3. The van der Waals surface area contributed by atoms with E-state index < -0.39 is 11.4 Å². The Kier molecular flexibility index (Phi) is 2.67. The van der Waals surface area contributed by atoms with E-state index in [4.69, 9.17) is 16.0 Å². The molecule has 0 aliphatic heterocycles. The lowest BCUT2D eigenvalue weighted by Gasteiger charge is -2.06. The van der Waals surface area contributed by atoms with Gasteiger partial charge in [0.15, 0.2) is 5.78 Å². The Morgan fingerprint density at radius 2 is 2.06 bits per heavy atom. The number of hydrogen-bond acceptors (Lipinski definition) is 4. The molecule has 0 saturated heterocycles. The van der Waals surface area contributed by atoms with Gasteiger partial charge in [0.2, 0.25) is 0 Å². The van der Waals surface area contributed by atoms with E-state index in [-0.39, 0.29) is 22.3 Å². The summed E-state index contributed by atoms with van der Waals surface area (Å²) in [5.41, 5.74) is -0.330. The monoisotopic (exact) mass is 252 g/mol. The quantitative estimate of drug-likeness (QED) is 0.626. The van der Waals surface area contributed by atoms with E-state index in [2.05, 4.69) is 0 Å². The van der Waals surface area contributed by atoms with Gasteiger partial charge in [-0.25, -0.2) is 4.79 Å². The second-order valence-corrected chi connectivity index (χ2v) is 4.21. The van der Waals surface area contributed by atoms with Gasteiger partial charge in [-0.1, -0.05) is 11.6 Å². The van der Waals surface area contributed by atoms with Crippen LogP contribution in [0.3, 0.4) is 0 Å². The van der Waals surface area contributed by atoms with Gasteiger partial charge < -0.3 is 9.52 Å². The van der Waals surface area contributed by atoms with Gasteiger partial charge in [0, 0.05) is 5.02 Å². The minimum atomic E-state index is -0.840. The van der Waals surface area contributed by atoms with Gasteiger partial charge in [0.05, 0.1) is 5.39 Å². The minimum Gasteiger partial charge on any atom is -0.506 e. The maximum absolute atomic E-state index is 11.6. The lowest BCUT2D eigenvalue weighted by atomic mass is 10.1. The Morgan fingerprint density at radius 1 is 1.41 bits per heavy atom. The fourth-order valence-corrected chi connectivity index (χ4v) is 2.00. The highest BCUT2D eigenvalue weighted by Gasteiger charge is 2.18. The summed E-state index contributed by atoms with van der Waals surface area (Å²) in [6.45, 7) is 2.89. The topological polar surface area (TPSA) is 67.5 Å². The van der Waals surface area contributed by atoms with Crippen molar-refractivity contribution < 1.29 is 14.3 Å². The second-order valence-electron chi connectivity index (χ2n) is 3.77. The van der Waals surface area contributed by atoms with Gasteiger partial charge in [-0.3, -0.25) is 4.79 Å². The van der Waals surface area contributed by atoms with Gasteiger partial charge in [0.25, 0.3) is 0 Å². The van der Waals surface area contributed by atoms with Crippen molar-refractivity contribution in [2.75, 3.05) is 0 Å². The molecule has 1 aromatic heterocycles. The number of benzene rings is 1. The van der Waals surface area contributed by atoms with Crippen LogP contribution in [-0.4, -0.2) is 10.9 Å². The molecule has 2 rings (SSSR count). The van der Waals surface area contributed by atoms with Crippen LogP contribution in [0.2, 0.25) is 5.02 Å². The highest BCUT2D eigenvalue weighted by atomic mass is 35.5. The Balaban J connectivity index is 3.02. The fraction of sp³-hybridized carbons (Fsp3) is 0.167. The second kappa shape index (κ2) is 3.89. The Hall–Kier alpha value is -1.81. The molecule has 0 spiro atoms. The Morgan fingerprint density at radius 3 is 2.65 bits per heavy atom. The SMILES string of the molecule is CC(=O)c1c(O)c2cc(Cl)cc(C)c2oc1=O. The van der Waals surface area contributed by atoms with Gasteiger partial charge in [-0.2, -0.15) is 0 Å². The molecule has 0 fully saturated rings. The van der Waals surface area contributed by atoms with Crippen LogP contribution in [0.4, 0.5) is 0 Å². The van der Waals surface area contributed by atoms with Gasteiger partial charge in [0.1, 0.15) is 16.9 Å². The van der Waals surface area contributed by atoms with Gasteiger partial charge in [-0.05, 0) is 31.5 Å². The minimum absolute atomic E-state index is 0.238. The molecule has 0 amide bonds. The molecule has 0 saturated carbocycles. The molecule has 0 aliphatic rings.